The van der Waals surface area contributed by atoms with E-state index in [0.29, 0.717) is 5.75 Å². The first-order chi connectivity index (χ1) is 12.8. The Hall–Kier alpha value is -3.10. The van der Waals surface area contributed by atoms with E-state index in [-0.39, 0.29) is 0 Å². The highest BCUT2D eigenvalue weighted by molar-refractivity contribution is 7.07. The minimum Gasteiger partial charge on any atom is -0.508 e. The van der Waals surface area contributed by atoms with E-state index in [0.717, 1.165) is 0 Å². The lowest BCUT2D eigenvalue weighted by molar-refractivity contribution is 0.475. The number of aromatic hydroxyl groups is 1. The molecule has 0 aliphatic rings. The molecule has 128 valence electrons. The Morgan fingerprint density at radius 3 is 1.12 bits per heavy atom. The van der Waals surface area contributed by atoms with Crippen LogP contribution < -0.4 is 0 Å². The summed E-state index contributed by atoms with van der Waals surface area (Å²) in [5.74, 6) is 0.322. The van der Waals surface area contributed by atoms with Crippen molar-refractivity contribution in [2.24, 2.45) is 0 Å². The van der Waals surface area contributed by atoms with Crippen LogP contribution in [0.5, 0.6) is 5.75 Å². The Kier molecular flexibility index (Phi) is 6.40. The van der Waals surface area contributed by atoms with Crippen LogP contribution in [0.3, 0.4) is 0 Å². The molecule has 0 aliphatic carbocycles. The maximum atomic E-state index is 8.63. The molecule has 4 aromatic carbocycles. The number of para-hydroxylation sites is 1. The maximum absolute atomic E-state index is 8.63. The summed E-state index contributed by atoms with van der Waals surface area (Å²) in [7, 11) is 0. The van der Waals surface area contributed by atoms with Crippen LogP contribution in [-0.4, -0.2) is 5.11 Å². The van der Waals surface area contributed by atoms with Gasteiger partial charge in [-0.3, -0.25) is 0 Å². The Balaban J connectivity index is 0.000000136. The van der Waals surface area contributed by atoms with E-state index in [9.17, 15) is 0 Å². The highest BCUT2D eigenvalue weighted by atomic mass is 32.1. The Morgan fingerprint density at radius 2 is 0.846 bits per heavy atom. The quantitative estimate of drug-likeness (QED) is 0.292. The number of phenolic OH excluding ortho intramolecular Hbond substituents is 1. The van der Waals surface area contributed by atoms with Gasteiger partial charge in [-0.2, -0.15) is 11.3 Å². The Morgan fingerprint density at radius 1 is 0.462 bits per heavy atom. The van der Waals surface area contributed by atoms with Gasteiger partial charge in [0.2, 0.25) is 0 Å². The summed E-state index contributed by atoms with van der Waals surface area (Å²) in [5, 5.41) is 18.0. The van der Waals surface area contributed by atoms with Crippen LogP contribution in [0.1, 0.15) is 0 Å². The number of hydrogen-bond donors (Lipinski definition) is 1. The minimum absolute atomic E-state index is 0.322. The van der Waals surface area contributed by atoms with Crippen molar-refractivity contribution in [3.05, 3.63) is 114 Å². The third kappa shape index (κ3) is 5.20. The molecule has 1 nitrogen and oxygen atoms in total. The van der Waals surface area contributed by atoms with Crippen molar-refractivity contribution >= 4 is 32.9 Å². The lowest BCUT2D eigenvalue weighted by Gasteiger charge is -2.00. The molecule has 0 unspecified atom stereocenters. The van der Waals surface area contributed by atoms with E-state index in [1.54, 1.807) is 35.6 Å². The van der Waals surface area contributed by atoms with Crippen molar-refractivity contribution in [1.29, 1.82) is 0 Å². The number of fused-ring (bicyclic) bond motifs is 2. The van der Waals surface area contributed by atoms with Crippen molar-refractivity contribution < 1.29 is 5.11 Å². The molecule has 1 N–H and O–H groups in total. The number of rotatable bonds is 0. The molecule has 0 bridgehead atoms. The highest BCUT2D eigenvalue weighted by Gasteiger charge is 1.95. The zero-order chi connectivity index (χ0) is 18.0. The standard InChI is InChI=1S/C14H10.C6H6O.C4H4S/c1-2-6-12-10-14-8-4-3-7-13(14)9-11(12)5-1;7-6-4-2-1-3-5-6;1-2-4-5-3-1/h1-10H;1-5,7H;1-4H. The predicted molar refractivity (Wildman–Crippen MR) is 114 cm³/mol. The van der Waals surface area contributed by atoms with Crippen molar-refractivity contribution in [2.45, 2.75) is 0 Å². The van der Waals surface area contributed by atoms with Gasteiger partial charge in [0.05, 0.1) is 0 Å². The van der Waals surface area contributed by atoms with Crippen molar-refractivity contribution in [3.63, 3.8) is 0 Å². The molecule has 0 atom stereocenters. The summed E-state index contributed by atoms with van der Waals surface area (Å²) in [6.07, 6.45) is 0. The third-order valence-electron chi connectivity index (χ3n) is 3.80. The summed E-state index contributed by atoms with van der Waals surface area (Å²) in [5.41, 5.74) is 0. The van der Waals surface area contributed by atoms with Crippen LogP contribution in [0.4, 0.5) is 0 Å². The van der Waals surface area contributed by atoms with E-state index >= 15 is 0 Å². The number of hydrogen-bond acceptors (Lipinski definition) is 2. The number of benzene rings is 4. The van der Waals surface area contributed by atoms with E-state index < -0.39 is 0 Å². The van der Waals surface area contributed by atoms with Crippen molar-refractivity contribution in [3.8, 4) is 5.75 Å². The normalized spacial score (nSPS) is 9.69. The van der Waals surface area contributed by atoms with Gasteiger partial charge in [0, 0.05) is 0 Å². The van der Waals surface area contributed by atoms with E-state index in [2.05, 4.69) is 60.7 Å². The molecule has 0 radical (unpaired) electrons. The predicted octanol–water partition coefficient (Wildman–Crippen LogP) is 7.13. The van der Waals surface area contributed by atoms with Gasteiger partial charge >= 0.3 is 0 Å². The van der Waals surface area contributed by atoms with Gasteiger partial charge in [0.15, 0.2) is 0 Å². The Bertz CT molecular complexity index is 915. The summed E-state index contributed by atoms with van der Waals surface area (Å²) in [6, 6.07) is 34.2. The molecule has 26 heavy (non-hydrogen) atoms. The fraction of sp³-hybridized carbons (Fsp3) is 0. The molecule has 0 fully saturated rings. The molecule has 0 spiro atoms. The van der Waals surface area contributed by atoms with Crippen LogP contribution in [0.15, 0.2) is 114 Å². The smallest absolute Gasteiger partial charge is 0.115 e. The molecule has 2 heteroatoms. The third-order valence-corrected chi connectivity index (χ3v) is 4.42. The fourth-order valence-electron chi connectivity index (χ4n) is 2.54. The SMILES string of the molecule is Oc1ccccc1.c1ccc2cc3ccccc3cc2c1.c1ccsc1. The molecule has 0 saturated carbocycles. The molecular formula is C24H20OS. The average Bonchev–Trinajstić information content (AvgIpc) is 3.28. The minimum atomic E-state index is 0.322. The number of phenols is 1. The molecule has 5 aromatic rings. The lowest BCUT2D eigenvalue weighted by Crippen LogP contribution is -1.74. The van der Waals surface area contributed by atoms with Gasteiger partial charge in [-0.25, -0.2) is 0 Å². The van der Waals surface area contributed by atoms with Crippen molar-refractivity contribution in [1.82, 2.24) is 0 Å². The zero-order valence-electron chi connectivity index (χ0n) is 14.3. The number of thiophene rings is 1. The molecule has 1 heterocycles. The zero-order valence-corrected chi connectivity index (χ0v) is 15.1. The highest BCUT2D eigenvalue weighted by Crippen LogP contribution is 2.22. The second-order valence-corrected chi connectivity index (χ2v) is 6.49. The molecule has 0 saturated heterocycles. The first kappa shape index (κ1) is 17.7. The maximum Gasteiger partial charge on any atom is 0.115 e. The van der Waals surface area contributed by atoms with Crippen LogP contribution in [0.25, 0.3) is 21.5 Å². The second-order valence-electron chi connectivity index (χ2n) is 5.68. The van der Waals surface area contributed by atoms with Gasteiger partial charge in [-0.1, -0.05) is 78.9 Å². The van der Waals surface area contributed by atoms with E-state index in [1.165, 1.54) is 21.5 Å². The molecular weight excluding hydrogens is 336 g/mol. The first-order valence-electron chi connectivity index (χ1n) is 8.42. The molecule has 5 rings (SSSR count). The van der Waals surface area contributed by atoms with Gasteiger partial charge < -0.3 is 5.11 Å². The average molecular weight is 356 g/mol. The van der Waals surface area contributed by atoms with Gasteiger partial charge in [0.1, 0.15) is 5.75 Å². The monoisotopic (exact) mass is 356 g/mol. The van der Waals surface area contributed by atoms with Crippen LogP contribution in [0.2, 0.25) is 0 Å². The second kappa shape index (κ2) is 9.40. The summed E-state index contributed by atoms with van der Waals surface area (Å²) in [6.45, 7) is 0. The summed E-state index contributed by atoms with van der Waals surface area (Å²) >= 11 is 1.71. The molecule has 0 amide bonds. The van der Waals surface area contributed by atoms with E-state index in [1.807, 2.05) is 29.0 Å². The largest absolute Gasteiger partial charge is 0.508 e. The fourth-order valence-corrected chi connectivity index (χ4v) is 2.99. The van der Waals surface area contributed by atoms with Gasteiger partial charge in [-0.05, 0) is 56.6 Å². The van der Waals surface area contributed by atoms with Crippen LogP contribution in [-0.2, 0) is 0 Å². The van der Waals surface area contributed by atoms with Crippen LogP contribution >= 0.6 is 11.3 Å². The van der Waals surface area contributed by atoms with E-state index in [4.69, 9.17) is 5.11 Å². The topological polar surface area (TPSA) is 20.2 Å². The van der Waals surface area contributed by atoms with Gasteiger partial charge in [-0.15, -0.1) is 0 Å². The van der Waals surface area contributed by atoms with Crippen LogP contribution in [0, 0.1) is 0 Å². The first-order valence-corrected chi connectivity index (χ1v) is 9.36. The lowest BCUT2D eigenvalue weighted by atomic mass is 10.0. The molecule has 1 aromatic heterocycles. The van der Waals surface area contributed by atoms with Crippen molar-refractivity contribution in [2.75, 3.05) is 0 Å². The summed E-state index contributed by atoms with van der Waals surface area (Å²) < 4.78 is 0. The van der Waals surface area contributed by atoms with Gasteiger partial charge in [0.25, 0.3) is 0 Å². The summed E-state index contributed by atoms with van der Waals surface area (Å²) in [4.78, 5) is 0. The Labute approximate surface area is 157 Å². The molecule has 0 aliphatic heterocycles.